The van der Waals surface area contributed by atoms with Crippen molar-refractivity contribution in [2.24, 2.45) is 0 Å². The van der Waals surface area contributed by atoms with Crippen molar-refractivity contribution in [3.05, 3.63) is 88.3 Å². The lowest BCUT2D eigenvalue weighted by atomic mass is 10.0. The summed E-state index contributed by atoms with van der Waals surface area (Å²) in [5.41, 5.74) is 1.62. The van der Waals surface area contributed by atoms with Gasteiger partial charge in [-0.05, 0) is 41.0 Å². The Labute approximate surface area is 156 Å². The van der Waals surface area contributed by atoms with E-state index in [1.807, 2.05) is 49.4 Å². The number of hydrogen-bond acceptors (Lipinski definition) is 4. The molecule has 0 radical (unpaired) electrons. The van der Waals surface area contributed by atoms with Crippen molar-refractivity contribution in [2.45, 2.75) is 13.3 Å². The van der Waals surface area contributed by atoms with Crippen molar-refractivity contribution >= 4 is 27.5 Å². The molecule has 27 heavy (non-hydrogen) atoms. The molecule has 0 bridgehead atoms. The van der Waals surface area contributed by atoms with Gasteiger partial charge >= 0.3 is 5.63 Å². The highest BCUT2D eigenvalue weighted by Gasteiger charge is 2.10. The minimum atomic E-state index is -0.385. The number of benzene rings is 3. The fraction of sp³-hybridized carbons (Fsp3) is 0.130. The van der Waals surface area contributed by atoms with E-state index in [-0.39, 0.29) is 18.0 Å². The number of ketones is 1. The molecular formula is C23H18O4. The number of Topliss-reactive ketones (excluding diaryl/α,β-unsaturated/α-hetero) is 1. The third-order valence-corrected chi connectivity index (χ3v) is 4.62. The molecule has 4 nitrogen and oxygen atoms in total. The summed E-state index contributed by atoms with van der Waals surface area (Å²) in [5.74, 6) is 0.387. The molecule has 1 heterocycles. The zero-order valence-corrected chi connectivity index (χ0v) is 14.9. The van der Waals surface area contributed by atoms with Gasteiger partial charge in [-0.3, -0.25) is 4.79 Å². The van der Waals surface area contributed by atoms with Crippen molar-refractivity contribution in [1.82, 2.24) is 0 Å². The van der Waals surface area contributed by atoms with Gasteiger partial charge in [0, 0.05) is 23.1 Å². The minimum absolute atomic E-state index is 0.0818. The van der Waals surface area contributed by atoms with Crippen LogP contribution in [0, 0.1) is 0 Å². The van der Waals surface area contributed by atoms with E-state index in [1.165, 1.54) is 6.07 Å². The number of fused-ring (bicyclic) bond motifs is 2. The molecule has 0 aliphatic carbocycles. The highest BCUT2D eigenvalue weighted by molar-refractivity contribution is 6.00. The second-order valence-electron chi connectivity index (χ2n) is 6.38. The average molecular weight is 358 g/mol. The van der Waals surface area contributed by atoms with Gasteiger partial charge in [-0.1, -0.05) is 43.3 Å². The first-order chi connectivity index (χ1) is 13.1. The molecule has 0 atom stereocenters. The lowest BCUT2D eigenvalue weighted by molar-refractivity contribution is 0.0921. The van der Waals surface area contributed by atoms with Crippen LogP contribution in [-0.2, 0) is 6.42 Å². The maximum Gasteiger partial charge on any atom is 0.336 e. The van der Waals surface area contributed by atoms with Crippen LogP contribution in [0.4, 0.5) is 0 Å². The van der Waals surface area contributed by atoms with Gasteiger partial charge < -0.3 is 9.15 Å². The molecule has 0 saturated heterocycles. The molecule has 0 aliphatic rings. The van der Waals surface area contributed by atoms with Gasteiger partial charge in [0.15, 0.2) is 12.4 Å². The number of ether oxygens (including phenoxy) is 1. The molecule has 134 valence electrons. The van der Waals surface area contributed by atoms with Gasteiger partial charge in [0.2, 0.25) is 0 Å². The minimum Gasteiger partial charge on any atom is -0.485 e. The van der Waals surface area contributed by atoms with Gasteiger partial charge in [-0.25, -0.2) is 4.79 Å². The van der Waals surface area contributed by atoms with Crippen LogP contribution >= 0.6 is 0 Å². The van der Waals surface area contributed by atoms with Crippen molar-refractivity contribution in [3.63, 3.8) is 0 Å². The van der Waals surface area contributed by atoms with Gasteiger partial charge in [0.05, 0.1) is 0 Å². The van der Waals surface area contributed by atoms with Crippen molar-refractivity contribution in [3.8, 4) is 5.75 Å². The van der Waals surface area contributed by atoms with Crippen LogP contribution in [0.25, 0.3) is 21.7 Å². The number of aryl methyl sites for hydroxylation is 1. The standard InChI is InChI=1S/C23H18O4/c1-2-15-12-23(25)27-22-13-19(9-10-20(15)22)26-14-21(24)18-8-7-16-5-3-4-6-17(16)11-18/h3-13H,2,14H2,1H3. The highest BCUT2D eigenvalue weighted by atomic mass is 16.5. The number of carbonyl (C=O) groups is 1. The molecular weight excluding hydrogens is 340 g/mol. The number of carbonyl (C=O) groups excluding carboxylic acids is 1. The van der Waals surface area contributed by atoms with Gasteiger partial charge in [0.1, 0.15) is 11.3 Å². The van der Waals surface area contributed by atoms with Crippen LogP contribution < -0.4 is 10.4 Å². The normalized spacial score (nSPS) is 11.0. The van der Waals surface area contributed by atoms with E-state index in [0.717, 1.165) is 28.1 Å². The topological polar surface area (TPSA) is 56.5 Å². The molecule has 0 saturated carbocycles. The molecule has 0 amide bonds. The molecule has 3 aromatic carbocycles. The van der Waals surface area contributed by atoms with E-state index in [9.17, 15) is 9.59 Å². The van der Waals surface area contributed by atoms with E-state index in [0.29, 0.717) is 16.9 Å². The Hall–Kier alpha value is -3.40. The summed E-state index contributed by atoms with van der Waals surface area (Å²) in [4.78, 5) is 24.2. The zero-order chi connectivity index (χ0) is 18.8. The molecule has 0 spiro atoms. The predicted molar refractivity (Wildman–Crippen MR) is 106 cm³/mol. The maximum atomic E-state index is 12.5. The molecule has 4 aromatic rings. The van der Waals surface area contributed by atoms with Gasteiger partial charge in [-0.2, -0.15) is 0 Å². The van der Waals surface area contributed by atoms with Gasteiger partial charge in [0.25, 0.3) is 0 Å². The first-order valence-corrected chi connectivity index (χ1v) is 8.85. The van der Waals surface area contributed by atoms with Crippen LogP contribution in [0.3, 0.4) is 0 Å². The molecule has 0 unspecified atom stereocenters. The fourth-order valence-corrected chi connectivity index (χ4v) is 3.19. The van der Waals surface area contributed by atoms with Crippen molar-refractivity contribution in [1.29, 1.82) is 0 Å². The molecule has 0 aliphatic heterocycles. The Morgan fingerprint density at radius 2 is 1.78 bits per heavy atom. The molecule has 4 heteroatoms. The van der Waals surface area contributed by atoms with Crippen LogP contribution in [0.2, 0.25) is 0 Å². The van der Waals surface area contributed by atoms with E-state index in [2.05, 4.69) is 0 Å². The third kappa shape index (κ3) is 3.47. The summed E-state index contributed by atoms with van der Waals surface area (Å²) < 4.78 is 10.9. The molecule has 0 N–H and O–H groups in total. The second kappa shape index (κ2) is 7.08. The summed E-state index contributed by atoms with van der Waals surface area (Å²) in [5, 5.41) is 2.99. The van der Waals surface area contributed by atoms with Crippen LogP contribution in [0.1, 0.15) is 22.8 Å². The number of rotatable bonds is 5. The van der Waals surface area contributed by atoms with Crippen LogP contribution in [0.5, 0.6) is 5.75 Å². The zero-order valence-electron chi connectivity index (χ0n) is 14.9. The third-order valence-electron chi connectivity index (χ3n) is 4.62. The highest BCUT2D eigenvalue weighted by Crippen LogP contribution is 2.23. The maximum absolute atomic E-state index is 12.5. The summed E-state index contributed by atoms with van der Waals surface area (Å²) in [6.45, 7) is 1.91. The fourth-order valence-electron chi connectivity index (χ4n) is 3.19. The van der Waals surface area contributed by atoms with Crippen molar-refractivity contribution < 1.29 is 13.9 Å². The Kier molecular flexibility index (Phi) is 4.47. The predicted octanol–water partition coefficient (Wildman–Crippen LogP) is 4.77. The summed E-state index contributed by atoms with van der Waals surface area (Å²) in [6, 6.07) is 20.3. The largest absolute Gasteiger partial charge is 0.485 e. The average Bonchev–Trinajstić information content (AvgIpc) is 2.70. The lowest BCUT2D eigenvalue weighted by Gasteiger charge is -2.08. The monoisotopic (exact) mass is 358 g/mol. The Morgan fingerprint density at radius 1 is 0.963 bits per heavy atom. The van der Waals surface area contributed by atoms with Crippen LogP contribution in [-0.4, -0.2) is 12.4 Å². The Morgan fingerprint density at radius 3 is 2.59 bits per heavy atom. The molecule has 1 aromatic heterocycles. The quantitative estimate of drug-likeness (QED) is 0.381. The van der Waals surface area contributed by atoms with Crippen LogP contribution in [0.15, 0.2) is 75.9 Å². The Balaban J connectivity index is 1.55. The van der Waals surface area contributed by atoms with E-state index >= 15 is 0 Å². The summed E-state index contributed by atoms with van der Waals surface area (Å²) >= 11 is 0. The van der Waals surface area contributed by atoms with E-state index < -0.39 is 0 Å². The first-order valence-electron chi connectivity index (χ1n) is 8.85. The smallest absolute Gasteiger partial charge is 0.336 e. The first kappa shape index (κ1) is 17.0. The van der Waals surface area contributed by atoms with E-state index in [4.69, 9.17) is 9.15 Å². The molecule has 0 fully saturated rings. The second-order valence-corrected chi connectivity index (χ2v) is 6.38. The Bertz CT molecular complexity index is 1200. The SMILES string of the molecule is CCc1cc(=O)oc2cc(OCC(=O)c3ccc4ccccc4c3)ccc12. The van der Waals surface area contributed by atoms with Gasteiger partial charge in [-0.15, -0.1) is 0 Å². The molecule has 4 rings (SSSR count). The van der Waals surface area contributed by atoms with E-state index in [1.54, 1.807) is 18.2 Å². The van der Waals surface area contributed by atoms with Crippen molar-refractivity contribution in [2.75, 3.05) is 6.61 Å². The lowest BCUT2D eigenvalue weighted by Crippen LogP contribution is -2.11. The summed E-state index contributed by atoms with van der Waals surface area (Å²) in [6.07, 6.45) is 0.739. The summed E-state index contributed by atoms with van der Waals surface area (Å²) in [7, 11) is 0. The number of hydrogen-bond donors (Lipinski definition) is 0.